The second-order valence-corrected chi connectivity index (χ2v) is 3.63. The predicted molar refractivity (Wildman–Crippen MR) is 66.9 cm³/mol. The molecule has 0 unspecified atom stereocenters. The Bertz CT molecular complexity index is 340. The van der Waals surface area contributed by atoms with Gasteiger partial charge in [0, 0.05) is 19.0 Å². The van der Waals surface area contributed by atoms with Crippen molar-refractivity contribution in [3.8, 4) is 17.2 Å². The van der Waals surface area contributed by atoms with Crippen LogP contribution in [0.2, 0.25) is 0 Å². The Hall–Kier alpha value is -1.46. The van der Waals surface area contributed by atoms with Gasteiger partial charge >= 0.3 is 0 Å². The maximum Gasteiger partial charge on any atom is 0.203 e. The number of benzene rings is 1. The highest BCUT2D eigenvalue weighted by atomic mass is 16.5. The molecule has 5 heteroatoms. The largest absolute Gasteiger partial charge is 0.493 e. The molecule has 96 valence electrons. The van der Waals surface area contributed by atoms with Crippen LogP contribution in [0.15, 0.2) is 12.1 Å². The van der Waals surface area contributed by atoms with Crippen LogP contribution in [0.5, 0.6) is 17.2 Å². The van der Waals surface area contributed by atoms with Gasteiger partial charge in [0.2, 0.25) is 5.75 Å². The van der Waals surface area contributed by atoms with Gasteiger partial charge in [-0.05, 0) is 17.7 Å². The zero-order valence-corrected chi connectivity index (χ0v) is 10.5. The van der Waals surface area contributed by atoms with E-state index in [-0.39, 0.29) is 5.92 Å². The SMILES string of the molecule is COc1cc(C(CN)CN)cc(OC)c1OC. The minimum absolute atomic E-state index is 0.0868. The van der Waals surface area contributed by atoms with Crippen LogP contribution >= 0.6 is 0 Å². The highest BCUT2D eigenvalue weighted by Crippen LogP contribution is 2.39. The lowest BCUT2D eigenvalue weighted by atomic mass is 9.98. The summed E-state index contributed by atoms with van der Waals surface area (Å²) in [4.78, 5) is 0. The van der Waals surface area contributed by atoms with Crippen LogP contribution in [-0.4, -0.2) is 34.4 Å². The third kappa shape index (κ3) is 2.81. The number of hydrogen-bond donors (Lipinski definition) is 2. The molecule has 0 heterocycles. The van der Waals surface area contributed by atoms with Crippen molar-refractivity contribution in [2.75, 3.05) is 34.4 Å². The third-order valence-corrected chi connectivity index (χ3v) is 2.73. The van der Waals surface area contributed by atoms with E-state index in [9.17, 15) is 0 Å². The van der Waals surface area contributed by atoms with Crippen LogP contribution in [0.25, 0.3) is 0 Å². The molecule has 0 bridgehead atoms. The molecule has 0 atom stereocenters. The van der Waals surface area contributed by atoms with Gasteiger partial charge in [-0.1, -0.05) is 0 Å². The summed E-state index contributed by atoms with van der Waals surface area (Å²) in [6, 6.07) is 3.76. The lowest BCUT2D eigenvalue weighted by molar-refractivity contribution is 0.323. The Morgan fingerprint density at radius 1 is 0.941 bits per heavy atom. The number of nitrogens with two attached hydrogens (primary N) is 2. The van der Waals surface area contributed by atoms with Crippen molar-refractivity contribution in [2.45, 2.75) is 5.92 Å². The van der Waals surface area contributed by atoms with E-state index in [1.807, 2.05) is 12.1 Å². The van der Waals surface area contributed by atoms with Crippen molar-refractivity contribution >= 4 is 0 Å². The smallest absolute Gasteiger partial charge is 0.203 e. The molecular weight excluding hydrogens is 220 g/mol. The molecular formula is C12H20N2O3. The van der Waals surface area contributed by atoms with E-state index >= 15 is 0 Å². The summed E-state index contributed by atoms with van der Waals surface area (Å²) < 4.78 is 15.8. The Morgan fingerprint density at radius 3 is 1.71 bits per heavy atom. The molecule has 5 nitrogen and oxygen atoms in total. The van der Waals surface area contributed by atoms with Gasteiger partial charge in [-0.2, -0.15) is 0 Å². The fourth-order valence-corrected chi connectivity index (χ4v) is 1.71. The molecule has 0 aliphatic rings. The van der Waals surface area contributed by atoms with Crippen LogP contribution in [-0.2, 0) is 0 Å². The van der Waals surface area contributed by atoms with E-state index in [1.54, 1.807) is 21.3 Å². The summed E-state index contributed by atoms with van der Waals surface area (Å²) in [6.07, 6.45) is 0. The van der Waals surface area contributed by atoms with E-state index in [2.05, 4.69) is 0 Å². The van der Waals surface area contributed by atoms with E-state index in [0.29, 0.717) is 30.3 Å². The molecule has 4 N–H and O–H groups in total. The fraction of sp³-hybridized carbons (Fsp3) is 0.500. The number of hydrogen-bond acceptors (Lipinski definition) is 5. The van der Waals surface area contributed by atoms with Crippen molar-refractivity contribution in [3.05, 3.63) is 17.7 Å². The minimum Gasteiger partial charge on any atom is -0.493 e. The Labute approximate surface area is 102 Å². The maximum atomic E-state index is 5.68. The van der Waals surface area contributed by atoms with E-state index < -0.39 is 0 Å². The fourth-order valence-electron chi connectivity index (χ4n) is 1.71. The summed E-state index contributed by atoms with van der Waals surface area (Å²) in [7, 11) is 4.74. The first-order chi connectivity index (χ1) is 8.21. The first-order valence-corrected chi connectivity index (χ1v) is 5.41. The van der Waals surface area contributed by atoms with Crippen LogP contribution < -0.4 is 25.7 Å². The molecule has 1 rings (SSSR count). The first-order valence-electron chi connectivity index (χ1n) is 5.41. The molecule has 0 aromatic heterocycles. The monoisotopic (exact) mass is 240 g/mol. The normalized spacial score (nSPS) is 10.5. The molecule has 0 aliphatic heterocycles. The van der Waals surface area contributed by atoms with Gasteiger partial charge in [-0.3, -0.25) is 0 Å². The van der Waals surface area contributed by atoms with Crippen molar-refractivity contribution < 1.29 is 14.2 Å². The number of methoxy groups -OCH3 is 3. The highest BCUT2D eigenvalue weighted by Gasteiger charge is 2.17. The summed E-state index contributed by atoms with van der Waals surface area (Å²) in [5.41, 5.74) is 12.3. The van der Waals surface area contributed by atoms with Crippen LogP contribution in [0.3, 0.4) is 0 Å². The second kappa shape index (κ2) is 6.32. The summed E-state index contributed by atoms with van der Waals surface area (Å²) in [5.74, 6) is 1.90. The molecule has 17 heavy (non-hydrogen) atoms. The van der Waals surface area contributed by atoms with Crippen LogP contribution in [0.1, 0.15) is 11.5 Å². The van der Waals surface area contributed by atoms with E-state index in [0.717, 1.165) is 5.56 Å². The average molecular weight is 240 g/mol. The molecule has 0 spiro atoms. The quantitative estimate of drug-likeness (QED) is 0.765. The average Bonchev–Trinajstić information content (AvgIpc) is 2.38. The molecule has 0 saturated carbocycles. The zero-order chi connectivity index (χ0) is 12.8. The van der Waals surface area contributed by atoms with Crippen molar-refractivity contribution in [1.82, 2.24) is 0 Å². The maximum absolute atomic E-state index is 5.68. The van der Waals surface area contributed by atoms with Gasteiger partial charge in [0.15, 0.2) is 11.5 Å². The van der Waals surface area contributed by atoms with Crippen molar-refractivity contribution in [1.29, 1.82) is 0 Å². The number of ether oxygens (including phenoxy) is 3. The van der Waals surface area contributed by atoms with Gasteiger partial charge in [0.05, 0.1) is 21.3 Å². The molecule has 1 aromatic rings. The highest BCUT2D eigenvalue weighted by molar-refractivity contribution is 5.54. The lowest BCUT2D eigenvalue weighted by Crippen LogP contribution is -2.21. The molecule has 0 fully saturated rings. The van der Waals surface area contributed by atoms with Gasteiger partial charge in [0.25, 0.3) is 0 Å². The van der Waals surface area contributed by atoms with Crippen molar-refractivity contribution in [3.63, 3.8) is 0 Å². The molecule has 0 radical (unpaired) electrons. The van der Waals surface area contributed by atoms with Gasteiger partial charge in [0.1, 0.15) is 0 Å². The lowest BCUT2D eigenvalue weighted by Gasteiger charge is -2.18. The summed E-state index contributed by atoms with van der Waals surface area (Å²) in [6.45, 7) is 0.963. The molecule has 1 aromatic carbocycles. The Balaban J connectivity index is 3.26. The van der Waals surface area contributed by atoms with E-state index in [1.165, 1.54) is 0 Å². The minimum atomic E-state index is 0.0868. The van der Waals surface area contributed by atoms with Gasteiger partial charge in [-0.15, -0.1) is 0 Å². The van der Waals surface area contributed by atoms with Gasteiger partial charge in [-0.25, -0.2) is 0 Å². The Morgan fingerprint density at radius 2 is 1.41 bits per heavy atom. The van der Waals surface area contributed by atoms with Crippen LogP contribution in [0, 0.1) is 0 Å². The standard InChI is InChI=1S/C12H20N2O3/c1-15-10-4-8(9(6-13)7-14)5-11(16-2)12(10)17-3/h4-5,9H,6-7,13-14H2,1-3H3. The third-order valence-electron chi connectivity index (χ3n) is 2.73. The first kappa shape index (κ1) is 13.6. The Kier molecular flexibility index (Phi) is 5.06. The molecule has 0 amide bonds. The summed E-state index contributed by atoms with van der Waals surface area (Å²) >= 11 is 0. The topological polar surface area (TPSA) is 79.7 Å². The zero-order valence-electron chi connectivity index (χ0n) is 10.5. The van der Waals surface area contributed by atoms with E-state index in [4.69, 9.17) is 25.7 Å². The second-order valence-electron chi connectivity index (χ2n) is 3.63. The predicted octanol–water partition coefficient (Wildman–Crippen LogP) is 0.713. The molecule has 0 aliphatic carbocycles. The van der Waals surface area contributed by atoms with Crippen molar-refractivity contribution in [2.24, 2.45) is 11.5 Å². The summed E-state index contributed by atoms with van der Waals surface area (Å²) in [5, 5.41) is 0. The van der Waals surface area contributed by atoms with Crippen LogP contribution in [0.4, 0.5) is 0 Å². The number of rotatable bonds is 6. The van der Waals surface area contributed by atoms with Gasteiger partial charge < -0.3 is 25.7 Å². The molecule has 0 saturated heterocycles.